The zero-order chi connectivity index (χ0) is 12.6. The minimum absolute atomic E-state index is 0.116. The highest BCUT2D eigenvalue weighted by Crippen LogP contribution is 2.31. The number of amides is 2. The molecule has 2 amide bonds. The fourth-order valence-corrected chi connectivity index (χ4v) is 2.48. The second kappa shape index (κ2) is 4.73. The minimum Gasteiger partial charge on any atom is -0.369 e. The molecule has 1 aliphatic heterocycles. The van der Waals surface area contributed by atoms with E-state index in [2.05, 4.69) is 36.8 Å². The van der Waals surface area contributed by atoms with Crippen LogP contribution in [0, 0.1) is 5.92 Å². The maximum absolute atomic E-state index is 11.8. The van der Waals surface area contributed by atoms with Gasteiger partial charge in [-0.1, -0.05) is 0 Å². The highest BCUT2D eigenvalue weighted by atomic mass is 79.9. The van der Waals surface area contributed by atoms with Crippen molar-refractivity contribution in [2.75, 3.05) is 11.4 Å². The lowest BCUT2D eigenvalue weighted by Gasteiger charge is -2.17. The molecule has 2 heterocycles. The van der Waals surface area contributed by atoms with E-state index in [0.29, 0.717) is 16.8 Å². The fraction of sp³-hybridized carbons (Fsp3) is 0.300. The van der Waals surface area contributed by atoms with Gasteiger partial charge >= 0.3 is 0 Å². The second-order valence-corrected chi connectivity index (χ2v) is 5.44. The van der Waals surface area contributed by atoms with Crippen LogP contribution in [0.1, 0.15) is 6.42 Å². The molecule has 0 radical (unpaired) electrons. The lowest BCUT2D eigenvalue weighted by atomic mass is 10.1. The topological polar surface area (TPSA) is 76.3 Å². The summed E-state index contributed by atoms with van der Waals surface area (Å²) < 4.78 is 1.34. The summed E-state index contributed by atoms with van der Waals surface area (Å²) in [5.74, 6) is -0.984. The van der Waals surface area contributed by atoms with Crippen LogP contribution in [0.5, 0.6) is 0 Å². The normalized spacial score (nSPS) is 19.8. The molecule has 1 aliphatic rings. The van der Waals surface area contributed by atoms with Gasteiger partial charge < -0.3 is 10.6 Å². The Bertz CT molecular complexity index is 492. The molecule has 1 unspecified atom stereocenters. The van der Waals surface area contributed by atoms with Crippen molar-refractivity contribution in [3.05, 3.63) is 21.3 Å². The first kappa shape index (κ1) is 12.5. The molecule has 90 valence electrons. The van der Waals surface area contributed by atoms with Gasteiger partial charge in [0.2, 0.25) is 11.8 Å². The number of halogens is 2. The van der Waals surface area contributed by atoms with Crippen molar-refractivity contribution in [1.82, 2.24) is 4.98 Å². The SMILES string of the molecule is NC(=O)C1CC(=O)N(c2cc(Br)cnc2Br)C1. The van der Waals surface area contributed by atoms with Crippen LogP contribution >= 0.6 is 31.9 Å². The van der Waals surface area contributed by atoms with Gasteiger partial charge in [-0.3, -0.25) is 9.59 Å². The summed E-state index contributed by atoms with van der Waals surface area (Å²) in [5, 5.41) is 0. The van der Waals surface area contributed by atoms with Crippen molar-refractivity contribution in [2.24, 2.45) is 11.7 Å². The smallest absolute Gasteiger partial charge is 0.227 e. The Kier molecular flexibility index (Phi) is 3.48. The summed E-state index contributed by atoms with van der Waals surface area (Å²) in [6, 6.07) is 1.78. The average Bonchev–Trinajstić information content (AvgIpc) is 2.64. The molecule has 1 atom stereocenters. The highest BCUT2D eigenvalue weighted by molar-refractivity contribution is 9.11. The summed E-state index contributed by atoms with van der Waals surface area (Å²) in [4.78, 5) is 28.5. The number of nitrogens with zero attached hydrogens (tertiary/aromatic N) is 2. The molecule has 0 aliphatic carbocycles. The minimum atomic E-state index is -0.445. The van der Waals surface area contributed by atoms with Gasteiger partial charge in [0.15, 0.2) is 0 Å². The van der Waals surface area contributed by atoms with Gasteiger partial charge in [-0.25, -0.2) is 4.98 Å². The molecule has 1 aromatic rings. The summed E-state index contributed by atoms with van der Waals surface area (Å²) in [7, 11) is 0. The lowest BCUT2D eigenvalue weighted by Crippen LogP contribution is -2.28. The summed E-state index contributed by atoms with van der Waals surface area (Å²) >= 11 is 6.58. The second-order valence-electron chi connectivity index (χ2n) is 3.77. The lowest BCUT2D eigenvalue weighted by molar-refractivity contribution is -0.123. The number of carbonyl (C=O) groups is 2. The van der Waals surface area contributed by atoms with Crippen molar-refractivity contribution in [2.45, 2.75) is 6.42 Å². The molecule has 7 heteroatoms. The number of carbonyl (C=O) groups excluding carboxylic acids is 2. The first-order valence-corrected chi connectivity index (χ1v) is 6.48. The largest absolute Gasteiger partial charge is 0.369 e. The van der Waals surface area contributed by atoms with E-state index in [9.17, 15) is 9.59 Å². The van der Waals surface area contributed by atoms with Crippen molar-refractivity contribution in [1.29, 1.82) is 0 Å². The molecule has 0 saturated carbocycles. The molecular formula is C10H9Br2N3O2. The van der Waals surface area contributed by atoms with Gasteiger partial charge in [0.1, 0.15) is 4.60 Å². The molecule has 5 nitrogen and oxygen atoms in total. The van der Waals surface area contributed by atoms with Crippen LogP contribution in [0.3, 0.4) is 0 Å². The van der Waals surface area contributed by atoms with Crippen LogP contribution in [0.4, 0.5) is 5.69 Å². The predicted molar refractivity (Wildman–Crippen MR) is 69.3 cm³/mol. The first-order valence-electron chi connectivity index (χ1n) is 4.89. The monoisotopic (exact) mass is 361 g/mol. The van der Waals surface area contributed by atoms with E-state index < -0.39 is 11.8 Å². The van der Waals surface area contributed by atoms with Crippen molar-refractivity contribution >= 4 is 49.4 Å². The zero-order valence-electron chi connectivity index (χ0n) is 8.69. The molecule has 17 heavy (non-hydrogen) atoms. The summed E-state index contributed by atoms with van der Waals surface area (Å²) in [6.07, 6.45) is 1.79. The molecule has 0 aromatic carbocycles. The maximum atomic E-state index is 11.8. The summed E-state index contributed by atoms with van der Waals surface area (Å²) in [6.45, 7) is 0.310. The van der Waals surface area contributed by atoms with Gasteiger partial charge in [-0.2, -0.15) is 0 Å². The third kappa shape index (κ3) is 2.50. The van der Waals surface area contributed by atoms with E-state index in [-0.39, 0.29) is 12.3 Å². The van der Waals surface area contributed by atoms with E-state index in [1.807, 2.05) is 0 Å². The van der Waals surface area contributed by atoms with Crippen LogP contribution in [0.25, 0.3) is 0 Å². The van der Waals surface area contributed by atoms with Crippen LogP contribution in [0.15, 0.2) is 21.3 Å². The molecule has 1 saturated heterocycles. The zero-order valence-corrected chi connectivity index (χ0v) is 11.9. The van der Waals surface area contributed by atoms with Crippen molar-refractivity contribution < 1.29 is 9.59 Å². The first-order chi connectivity index (χ1) is 7.99. The number of anilines is 1. The van der Waals surface area contributed by atoms with Crippen LogP contribution in [-0.2, 0) is 9.59 Å². The van der Waals surface area contributed by atoms with Crippen LogP contribution < -0.4 is 10.6 Å². The number of nitrogens with two attached hydrogens (primary N) is 1. The molecule has 2 rings (SSSR count). The molecular weight excluding hydrogens is 354 g/mol. The average molecular weight is 363 g/mol. The number of pyridine rings is 1. The van der Waals surface area contributed by atoms with Gasteiger partial charge in [-0.15, -0.1) is 0 Å². The predicted octanol–water partition coefficient (Wildman–Crippen LogP) is 1.44. The number of rotatable bonds is 2. The Balaban J connectivity index is 2.32. The third-order valence-corrected chi connectivity index (χ3v) is 3.65. The van der Waals surface area contributed by atoms with E-state index in [1.54, 1.807) is 12.3 Å². The Morgan fingerprint density at radius 2 is 2.24 bits per heavy atom. The summed E-state index contributed by atoms with van der Waals surface area (Å²) in [5.41, 5.74) is 5.86. The van der Waals surface area contributed by atoms with E-state index >= 15 is 0 Å². The van der Waals surface area contributed by atoms with Gasteiger partial charge in [0, 0.05) is 23.6 Å². The number of hydrogen-bond acceptors (Lipinski definition) is 3. The Morgan fingerprint density at radius 1 is 1.53 bits per heavy atom. The molecule has 1 fully saturated rings. The molecule has 0 bridgehead atoms. The van der Waals surface area contributed by atoms with Gasteiger partial charge in [0.05, 0.1) is 11.6 Å². The van der Waals surface area contributed by atoms with E-state index in [0.717, 1.165) is 4.47 Å². The number of hydrogen-bond donors (Lipinski definition) is 1. The van der Waals surface area contributed by atoms with Crippen LogP contribution in [-0.4, -0.2) is 23.3 Å². The van der Waals surface area contributed by atoms with E-state index in [4.69, 9.17) is 5.73 Å². The maximum Gasteiger partial charge on any atom is 0.227 e. The standard InChI is InChI=1S/C10H9Br2N3O2/c11-6-2-7(9(12)14-3-6)15-4-5(10(13)17)1-8(15)16/h2-3,5H,1,4H2,(H2,13,17). The quantitative estimate of drug-likeness (QED) is 0.809. The third-order valence-electron chi connectivity index (χ3n) is 2.61. The Hall–Kier alpha value is -0.950. The molecule has 2 N–H and O–H groups in total. The number of primary amides is 1. The molecule has 1 aromatic heterocycles. The Labute approximate surface area is 115 Å². The fourth-order valence-electron chi connectivity index (χ4n) is 1.73. The highest BCUT2D eigenvalue weighted by Gasteiger charge is 2.34. The van der Waals surface area contributed by atoms with E-state index in [1.165, 1.54) is 4.90 Å². The van der Waals surface area contributed by atoms with Crippen LogP contribution in [0.2, 0.25) is 0 Å². The Morgan fingerprint density at radius 3 is 2.82 bits per heavy atom. The van der Waals surface area contributed by atoms with Gasteiger partial charge in [-0.05, 0) is 37.9 Å². The number of aromatic nitrogens is 1. The van der Waals surface area contributed by atoms with Gasteiger partial charge in [0.25, 0.3) is 0 Å². The molecule has 0 spiro atoms. The van der Waals surface area contributed by atoms with Crippen molar-refractivity contribution in [3.8, 4) is 0 Å². The van der Waals surface area contributed by atoms with Crippen molar-refractivity contribution in [3.63, 3.8) is 0 Å².